The lowest BCUT2D eigenvalue weighted by molar-refractivity contribution is -0.120. The Kier molecular flexibility index (Phi) is 7.06. The second-order valence-electron chi connectivity index (χ2n) is 8.07. The molecule has 34 heavy (non-hydrogen) atoms. The van der Waals surface area contributed by atoms with Gasteiger partial charge < -0.3 is 26.0 Å². The number of amides is 2. The zero-order valence-corrected chi connectivity index (χ0v) is 19.2. The molecule has 0 aromatic heterocycles. The van der Waals surface area contributed by atoms with E-state index < -0.39 is 6.04 Å². The van der Waals surface area contributed by atoms with Gasteiger partial charge in [-0.2, -0.15) is 0 Å². The number of nitrogens with one attached hydrogen (secondary N) is 2. The molecule has 4 N–H and O–H groups in total. The molecular formula is C27H28N4O3. The van der Waals surface area contributed by atoms with E-state index in [9.17, 15) is 9.59 Å². The van der Waals surface area contributed by atoms with E-state index in [1.54, 1.807) is 19.1 Å². The summed E-state index contributed by atoms with van der Waals surface area (Å²) in [4.78, 5) is 27.1. The number of fused-ring (bicyclic) bond motifs is 1. The Bertz CT molecular complexity index is 1210. The Labute approximate surface area is 199 Å². The Hall–Kier alpha value is -3.94. The maximum atomic E-state index is 12.9. The molecule has 1 aliphatic rings. The summed E-state index contributed by atoms with van der Waals surface area (Å²) in [5.41, 5.74) is 11.3. The highest BCUT2D eigenvalue weighted by Gasteiger charge is 2.28. The number of nitrogens with zero attached hydrogens (tertiary/aromatic N) is 1. The lowest BCUT2D eigenvalue weighted by Gasteiger charge is -2.22. The first kappa shape index (κ1) is 23.2. The van der Waals surface area contributed by atoms with Gasteiger partial charge in [0.1, 0.15) is 0 Å². The van der Waals surface area contributed by atoms with Crippen LogP contribution in [0, 0.1) is 0 Å². The summed E-state index contributed by atoms with van der Waals surface area (Å²) in [7, 11) is 3.29. The third kappa shape index (κ3) is 4.85. The van der Waals surface area contributed by atoms with E-state index in [0.29, 0.717) is 24.3 Å². The number of likely N-dealkylation sites (N-methyl/N-ethyl adjacent to an activating group) is 1. The Morgan fingerprint density at radius 2 is 1.71 bits per heavy atom. The van der Waals surface area contributed by atoms with Crippen molar-refractivity contribution < 1.29 is 14.3 Å². The van der Waals surface area contributed by atoms with Crippen molar-refractivity contribution in [3.63, 3.8) is 0 Å². The highest BCUT2D eigenvalue weighted by atomic mass is 16.5. The highest BCUT2D eigenvalue weighted by Crippen LogP contribution is 2.37. The normalized spacial score (nSPS) is 14.7. The van der Waals surface area contributed by atoms with Gasteiger partial charge in [0.25, 0.3) is 5.91 Å². The third-order valence-electron chi connectivity index (χ3n) is 5.79. The predicted molar refractivity (Wildman–Crippen MR) is 136 cm³/mol. The molecule has 0 saturated heterocycles. The molecule has 7 heteroatoms. The summed E-state index contributed by atoms with van der Waals surface area (Å²) < 4.78 is 5.02. The Morgan fingerprint density at radius 1 is 1.03 bits per heavy atom. The minimum Gasteiger partial charge on any atom is -0.385 e. The molecule has 1 unspecified atom stereocenters. The quantitative estimate of drug-likeness (QED) is 0.446. The van der Waals surface area contributed by atoms with E-state index in [0.717, 1.165) is 28.2 Å². The van der Waals surface area contributed by atoms with Crippen LogP contribution < -0.4 is 21.3 Å². The molecule has 0 radical (unpaired) electrons. The Morgan fingerprint density at radius 3 is 2.41 bits per heavy atom. The number of para-hydroxylation sites is 1. The maximum Gasteiger partial charge on any atom is 0.258 e. The van der Waals surface area contributed by atoms with E-state index >= 15 is 0 Å². The van der Waals surface area contributed by atoms with Gasteiger partial charge in [0.15, 0.2) is 0 Å². The molecule has 174 valence electrons. The Balaban J connectivity index is 1.63. The molecule has 0 aliphatic carbocycles. The zero-order valence-electron chi connectivity index (χ0n) is 19.2. The fourth-order valence-corrected chi connectivity index (χ4v) is 3.91. The van der Waals surface area contributed by atoms with Crippen LogP contribution in [0.4, 0.5) is 17.1 Å². The van der Waals surface area contributed by atoms with Crippen molar-refractivity contribution in [1.82, 2.24) is 0 Å². The third-order valence-corrected chi connectivity index (χ3v) is 5.79. The highest BCUT2D eigenvalue weighted by molar-refractivity contribution is 6.37. The predicted octanol–water partition coefficient (Wildman–Crippen LogP) is 3.95. The summed E-state index contributed by atoms with van der Waals surface area (Å²) in [5.74, 6) is -0.330. The smallest absolute Gasteiger partial charge is 0.258 e. The molecule has 0 spiro atoms. The van der Waals surface area contributed by atoms with Gasteiger partial charge in [-0.25, -0.2) is 0 Å². The van der Waals surface area contributed by atoms with Gasteiger partial charge in [0, 0.05) is 43.4 Å². The first-order valence-electron chi connectivity index (χ1n) is 11.1. The topological polar surface area (TPSA) is 96.7 Å². The van der Waals surface area contributed by atoms with Crippen LogP contribution in [-0.2, 0) is 14.3 Å². The number of ether oxygens (including phenoxy) is 1. The molecule has 1 atom stereocenters. The number of carbonyl (C=O) groups is 2. The van der Waals surface area contributed by atoms with Crippen molar-refractivity contribution in [2.45, 2.75) is 12.5 Å². The van der Waals surface area contributed by atoms with Gasteiger partial charge in [0.05, 0.1) is 17.3 Å². The first-order chi connectivity index (χ1) is 16.5. The van der Waals surface area contributed by atoms with E-state index in [1.807, 2.05) is 78.9 Å². The molecule has 7 nitrogen and oxygen atoms in total. The van der Waals surface area contributed by atoms with Gasteiger partial charge in [-0.05, 0) is 42.3 Å². The summed E-state index contributed by atoms with van der Waals surface area (Å²) >= 11 is 0. The maximum absolute atomic E-state index is 12.9. The molecule has 0 saturated carbocycles. The van der Waals surface area contributed by atoms with E-state index in [-0.39, 0.29) is 11.8 Å². The lowest BCUT2D eigenvalue weighted by atomic mass is 10.00. The van der Waals surface area contributed by atoms with Crippen LogP contribution >= 0.6 is 0 Å². The van der Waals surface area contributed by atoms with Crippen LogP contribution in [0.2, 0.25) is 0 Å². The second-order valence-corrected chi connectivity index (χ2v) is 8.07. The number of methoxy groups -OCH3 is 1. The summed E-state index contributed by atoms with van der Waals surface area (Å²) in [5, 5.41) is 6.37. The first-order valence-corrected chi connectivity index (χ1v) is 11.1. The van der Waals surface area contributed by atoms with E-state index in [1.165, 1.54) is 0 Å². The van der Waals surface area contributed by atoms with Crippen molar-refractivity contribution in [3.05, 3.63) is 90.0 Å². The van der Waals surface area contributed by atoms with E-state index in [2.05, 4.69) is 10.6 Å². The molecule has 0 fully saturated rings. The van der Waals surface area contributed by atoms with E-state index in [4.69, 9.17) is 10.5 Å². The fourth-order valence-electron chi connectivity index (χ4n) is 3.91. The second kappa shape index (κ2) is 10.3. The molecule has 3 aromatic carbocycles. The number of hydrogen-bond donors (Lipinski definition) is 3. The van der Waals surface area contributed by atoms with Gasteiger partial charge >= 0.3 is 0 Å². The number of benzene rings is 3. The van der Waals surface area contributed by atoms with Crippen molar-refractivity contribution in [1.29, 1.82) is 0 Å². The summed E-state index contributed by atoms with van der Waals surface area (Å²) in [6.45, 7) is 0.428. The molecule has 4 rings (SSSR count). The number of rotatable bonds is 8. The van der Waals surface area contributed by atoms with Crippen LogP contribution in [0.15, 0.2) is 78.9 Å². The molecule has 0 bridgehead atoms. The van der Waals surface area contributed by atoms with Gasteiger partial charge in [-0.15, -0.1) is 0 Å². The minimum atomic E-state index is -0.627. The zero-order chi connectivity index (χ0) is 24.1. The van der Waals surface area contributed by atoms with Crippen LogP contribution in [0.5, 0.6) is 0 Å². The average molecular weight is 457 g/mol. The largest absolute Gasteiger partial charge is 0.385 e. The van der Waals surface area contributed by atoms with Crippen LogP contribution in [0.25, 0.3) is 11.3 Å². The number of hydrogen-bond acceptors (Lipinski definition) is 5. The number of carbonyl (C=O) groups excluding carboxylic acids is 2. The van der Waals surface area contributed by atoms with Crippen molar-refractivity contribution >= 4 is 40.1 Å². The molecular weight excluding hydrogens is 428 g/mol. The molecule has 3 aromatic rings. The minimum absolute atomic E-state index is 0.153. The van der Waals surface area contributed by atoms with Gasteiger partial charge in [-0.3, -0.25) is 9.59 Å². The van der Waals surface area contributed by atoms with Gasteiger partial charge in [0.2, 0.25) is 5.91 Å². The fraction of sp³-hybridized carbons (Fsp3) is 0.185. The lowest BCUT2D eigenvalue weighted by Crippen LogP contribution is -2.42. The summed E-state index contributed by atoms with van der Waals surface area (Å²) in [6, 6.07) is 24.2. The van der Waals surface area contributed by atoms with Crippen molar-refractivity contribution in [3.8, 4) is 0 Å². The summed E-state index contributed by atoms with van der Waals surface area (Å²) in [6.07, 6.45) is 0.455. The molecule has 1 aliphatic heterocycles. The monoisotopic (exact) mass is 456 g/mol. The van der Waals surface area contributed by atoms with Crippen molar-refractivity contribution in [2.75, 3.05) is 36.3 Å². The number of nitrogens with two attached hydrogens (primary N) is 1. The van der Waals surface area contributed by atoms with Crippen molar-refractivity contribution in [2.24, 2.45) is 5.73 Å². The van der Waals surface area contributed by atoms with Crippen LogP contribution in [0.1, 0.15) is 17.5 Å². The molecule has 2 amide bonds. The standard InChI is InChI=1S/C27H28N4O3/c1-31(27(33)22(28)16-17-34-2)20-14-12-19(13-15-20)29-25(18-8-4-3-5-9-18)24-21-10-6-7-11-23(21)30-26(24)32/h3-15,22,29H,16-17,28H2,1-2H3,(H,30,32)/b25-24-. The van der Waals surface area contributed by atoms with Crippen LogP contribution in [-0.4, -0.2) is 38.6 Å². The SMILES string of the molecule is COCCC(N)C(=O)N(C)c1ccc(N/C(=C2\C(=O)Nc3ccccc32)c2ccccc2)cc1. The molecule has 1 heterocycles. The number of anilines is 3. The van der Waals surface area contributed by atoms with Crippen LogP contribution in [0.3, 0.4) is 0 Å². The van der Waals surface area contributed by atoms with Gasteiger partial charge in [-0.1, -0.05) is 48.5 Å². The average Bonchev–Trinajstić information content (AvgIpc) is 3.21.